The van der Waals surface area contributed by atoms with E-state index in [-0.39, 0.29) is 42.8 Å². The highest BCUT2D eigenvalue weighted by Crippen LogP contribution is 2.37. The van der Waals surface area contributed by atoms with Crippen LogP contribution in [0.4, 0.5) is 16.2 Å². The third kappa shape index (κ3) is 5.79. The number of amides is 4. The number of carbonyl (C=O) groups excluding carboxylic acids is 3. The summed E-state index contributed by atoms with van der Waals surface area (Å²) in [5, 5.41) is 15.6. The Morgan fingerprint density at radius 1 is 1.14 bits per heavy atom. The quantitative estimate of drug-likeness (QED) is 0.546. The van der Waals surface area contributed by atoms with E-state index in [9.17, 15) is 19.5 Å². The topological polar surface area (TPSA) is 111 Å². The molecule has 0 radical (unpaired) electrons. The van der Waals surface area contributed by atoms with Crippen molar-refractivity contribution in [2.45, 2.75) is 38.8 Å². The Labute approximate surface area is 211 Å². The smallest absolute Gasteiger partial charge is 0.321 e. The molecule has 1 aliphatic heterocycles. The number of likely N-dealkylation sites (N-methyl/N-ethyl adjacent to an activating group) is 1. The summed E-state index contributed by atoms with van der Waals surface area (Å²) in [4.78, 5) is 42.1. The zero-order chi connectivity index (χ0) is 25.8. The molecule has 1 heterocycles. The van der Waals surface area contributed by atoms with Crippen LogP contribution in [-0.4, -0.2) is 71.6 Å². The van der Waals surface area contributed by atoms with Gasteiger partial charge in [0.25, 0.3) is 5.91 Å². The number of aliphatic hydroxyl groups is 1. The fourth-order valence-corrected chi connectivity index (χ4v) is 4.23. The average molecular weight is 495 g/mol. The maximum Gasteiger partial charge on any atom is 0.321 e. The minimum Gasteiger partial charge on any atom is -0.485 e. The molecule has 4 rings (SSSR count). The molecule has 9 heteroatoms. The van der Waals surface area contributed by atoms with Crippen LogP contribution < -0.4 is 15.4 Å². The van der Waals surface area contributed by atoms with Gasteiger partial charge in [-0.1, -0.05) is 31.2 Å². The van der Waals surface area contributed by atoms with Crippen molar-refractivity contribution in [3.8, 4) is 5.75 Å². The second-order valence-corrected chi connectivity index (χ2v) is 9.75. The first-order valence-electron chi connectivity index (χ1n) is 12.4. The first-order valence-corrected chi connectivity index (χ1v) is 12.4. The zero-order valence-corrected chi connectivity index (χ0v) is 20.9. The van der Waals surface area contributed by atoms with Crippen LogP contribution in [0.2, 0.25) is 0 Å². The van der Waals surface area contributed by atoms with Crippen LogP contribution in [0.5, 0.6) is 5.75 Å². The lowest BCUT2D eigenvalue weighted by Crippen LogP contribution is -2.50. The number of benzene rings is 2. The molecule has 0 aromatic heterocycles. The van der Waals surface area contributed by atoms with E-state index in [4.69, 9.17) is 4.74 Å². The Kier molecular flexibility index (Phi) is 7.79. The van der Waals surface area contributed by atoms with Crippen LogP contribution in [0.25, 0.3) is 0 Å². The van der Waals surface area contributed by atoms with Gasteiger partial charge in [-0.3, -0.25) is 9.59 Å². The van der Waals surface area contributed by atoms with Gasteiger partial charge in [-0.05, 0) is 44.0 Å². The number of carbonyl (C=O) groups is 3. The van der Waals surface area contributed by atoms with Gasteiger partial charge in [0.15, 0.2) is 5.75 Å². The van der Waals surface area contributed by atoms with Gasteiger partial charge in [-0.25, -0.2) is 4.79 Å². The van der Waals surface area contributed by atoms with Crippen LogP contribution in [0.1, 0.15) is 37.0 Å². The first-order chi connectivity index (χ1) is 17.3. The van der Waals surface area contributed by atoms with E-state index in [0.717, 1.165) is 12.8 Å². The highest BCUT2D eigenvalue weighted by molar-refractivity contribution is 6.02. The second kappa shape index (κ2) is 11.0. The van der Waals surface area contributed by atoms with Crippen molar-refractivity contribution >= 4 is 29.2 Å². The van der Waals surface area contributed by atoms with Crippen molar-refractivity contribution in [2.24, 2.45) is 11.8 Å². The number of fused-ring (bicyclic) bond motifs is 1. The summed E-state index contributed by atoms with van der Waals surface area (Å²) in [5.74, 6) is -0.255. The Morgan fingerprint density at radius 3 is 2.53 bits per heavy atom. The van der Waals surface area contributed by atoms with Gasteiger partial charge in [0.05, 0.1) is 30.4 Å². The molecule has 192 valence electrons. The molecule has 2 aromatic rings. The highest BCUT2D eigenvalue weighted by Gasteiger charge is 2.36. The van der Waals surface area contributed by atoms with Gasteiger partial charge in [0, 0.05) is 31.1 Å². The predicted molar refractivity (Wildman–Crippen MR) is 137 cm³/mol. The molecule has 9 nitrogen and oxygen atoms in total. The third-order valence-corrected chi connectivity index (χ3v) is 6.72. The number of nitrogens with one attached hydrogen (secondary N) is 2. The van der Waals surface area contributed by atoms with Crippen LogP contribution >= 0.6 is 0 Å². The Balaban J connectivity index is 1.62. The number of aliphatic hydroxyl groups excluding tert-OH is 1. The fourth-order valence-electron chi connectivity index (χ4n) is 4.23. The molecule has 0 spiro atoms. The van der Waals surface area contributed by atoms with Crippen LogP contribution in [0.15, 0.2) is 48.5 Å². The summed E-state index contributed by atoms with van der Waals surface area (Å²) in [6.07, 6.45) is 1.23. The van der Waals surface area contributed by atoms with Crippen molar-refractivity contribution in [3.05, 3.63) is 54.1 Å². The number of nitrogens with zero attached hydrogens (tertiary/aromatic N) is 2. The Morgan fingerprint density at radius 2 is 1.86 bits per heavy atom. The summed E-state index contributed by atoms with van der Waals surface area (Å²) < 4.78 is 6.44. The van der Waals surface area contributed by atoms with Crippen molar-refractivity contribution in [1.29, 1.82) is 0 Å². The number of para-hydroxylation sites is 2. The summed E-state index contributed by atoms with van der Waals surface area (Å²) in [6.45, 7) is 4.16. The molecule has 0 bridgehead atoms. The minimum absolute atomic E-state index is 0.0152. The fraction of sp³-hybridized carbons (Fsp3) is 0.444. The number of rotatable bonds is 7. The van der Waals surface area contributed by atoms with E-state index >= 15 is 0 Å². The molecule has 2 aromatic carbocycles. The van der Waals surface area contributed by atoms with Gasteiger partial charge in [0.2, 0.25) is 5.91 Å². The molecule has 1 aliphatic carbocycles. The lowest BCUT2D eigenvalue weighted by atomic mass is 9.99. The van der Waals surface area contributed by atoms with Crippen LogP contribution in [0.3, 0.4) is 0 Å². The monoisotopic (exact) mass is 494 g/mol. The number of hydrogen-bond donors (Lipinski definition) is 3. The number of anilines is 2. The van der Waals surface area contributed by atoms with Gasteiger partial charge < -0.3 is 30.3 Å². The third-order valence-electron chi connectivity index (χ3n) is 6.72. The zero-order valence-electron chi connectivity index (χ0n) is 20.9. The maximum atomic E-state index is 13.5. The second-order valence-electron chi connectivity index (χ2n) is 9.75. The van der Waals surface area contributed by atoms with Crippen LogP contribution in [0, 0.1) is 11.8 Å². The molecular formula is C27H34N4O5. The number of hydrogen-bond acceptors (Lipinski definition) is 5. The Bertz CT molecular complexity index is 1100. The molecule has 1 fully saturated rings. The van der Waals surface area contributed by atoms with E-state index in [0.29, 0.717) is 29.2 Å². The standard InChI is InChI=1S/C27H34N4O5/c1-17-14-31(18(2)16-32)26(34)21-10-7-11-22(29-25(33)19-12-13-19)24(21)36-23(17)15-30(3)27(35)28-20-8-5-4-6-9-20/h4-11,17-19,23,32H,12-16H2,1-3H3,(H,28,35)(H,29,33)/t17-,18-,23+/m1/s1. The number of ether oxygens (including phenoxy) is 1. The Hall–Kier alpha value is -3.59. The summed E-state index contributed by atoms with van der Waals surface area (Å²) in [6, 6.07) is 13.6. The predicted octanol–water partition coefficient (Wildman–Crippen LogP) is 3.42. The summed E-state index contributed by atoms with van der Waals surface area (Å²) >= 11 is 0. The first kappa shape index (κ1) is 25.5. The highest BCUT2D eigenvalue weighted by atomic mass is 16.5. The largest absolute Gasteiger partial charge is 0.485 e. The van der Waals surface area contributed by atoms with Crippen molar-refractivity contribution in [2.75, 3.05) is 37.4 Å². The molecule has 3 N–H and O–H groups in total. The molecule has 0 unspecified atom stereocenters. The van der Waals surface area contributed by atoms with E-state index in [1.54, 1.807) is 42.0 Å². The van der Waals surface area contributed by atoms with Gasteiger partial charge >= 0.3 is 6.03 Å². The molecule has 36 heavy (non-hydrogen) atoms. The molecule has 0 saturated heterocycles. The van der Waals surface area contributed by atoms with E-state index in [1.165, 1.54) is 0 Å². The summed E-state index contributed by atoms with van der Waals surface area (Å²) in [5.41, 5.74) is 1.44. The SMILES string of the molecule is C[C@@H]1CN([C@H](C)CO)C(=O)c2cccc(NC(=O)C3CC3)c2O[C@H]1CN(C)C(=O)Nc1ccccc1. The summed E-state index contributed by atoms with van der Waals surface area (Å²) in [7, 11) is 1.69. The lowest BCUT2D eigenvalue weighted by molar-refractivity contribution is -0.117. The average Bonchev–Trinajstić information content (AvgIpc) is 3.72. The molecule has 4 amide bonds. The lowest BCUT2D eigenvalue weighted by Gasteiger charge is -2.38. The minimum atomic E-state index is -0.476. The normalized spacial score (nSPS) is 20.3. The molecule has 1 saturated carbocycles. The van der Waals surface area contributed by atoms with Gasteiger partial charge in [0.1, 0.15) is 6.10 Å². The van der Waals surface area contributed by atoms with Crippen molar-refractivity contribution in [3.63, 3.8) is 0 Å². The van der Waals surface area contributed by atoms with Crippen LogP contribution in [-0.2, 0) is 4.79 Å². The van der Waals surface area contributed by atoms with Gasteiger partial charge in [-0.15, -0.1) is 0 Å². The van der Waals surface area contributed by atoms with Gasteiger partial charge in [-0.2, -0.15) is 0 Å². The van der Waals surface area contributed by atoms with Crippen molar-refractivity contribution < 1.29 is 24.2 Å². The van der Waals surface area contributed by atoms with E-state index in [1.807, 2.05) is 37.3 Å². The van der Waals surface area contributed by atoms with E-state index in [2.05, 4.69) is 10.6 Å². The van der Waals surface area contributed by atoms with E-state index < -0.39 is 12.1 Å². The molecule has 3 atom stereocenters. The molecule has 2 aliphatic rings. The van der Waals surface area contributed by atoms with Crippen molar-refractivity contribution in [1.82, 2.24) is 9.80 Å². The maximum absolute atomic E-state index is 13.5. The number of urea groups is 1. The molecular weight excluding hydrogens is 460 g/mol.